The van der Waals surface area contributed by atoms with Crippen LogP contribution < -0.4 is 11.1 Å². The van der Waals surface area contributed by atoms with E-state index < -0.39 is 18.8 Å². The topological polar surface area (TPSA) is 64.3 Å². The van der Waals surface area contributed by atoms with Gasteiger partial charge in [-0.05, 0) is 30.5 Å². The summed E-state index contributed by atoms with van der Waals surface area (Å²) in [6, 6.07) is 6.57. The Morgan fingerprint density at radius 1 is 1.47 bits per heavy atom. The molecular formula is C14H19FN2O2. The largest absolute Gasteiger partial charge is 0.375 e. The van der Waals surface area contributed by atoms with Crippen molar-refractivity contribution in [2.24, 2.45) is 5.73 Å². The maximum atomic E-state index is 12.6. The first-order valence-electron chi connectivity index (χ1n) is 6.41. The van der Waals surface area contributed by atoms with Gasteiger partial charge in [-0.3, -0.25) is 4.79 Å². The van der Waals surface area contributed by atoms with Crippen molar-refractivity contribution in [3.05, 3.63) is 35.4 Å². The van der Waals surface area contributed by atoms with Gasteiger partial charge in [0.2, 0.25) is 0 Å². The predicted molar refractivity (Wildman–Crippen MR) is 70.6 cm³/mol. The van der Waals surface area contributed by atoms with Crippen LogP contribution in [0, 0.1) is 0 Å². The third kappa shape index (κ3) is 3.52. The Bertz CT molecular complexity index is 432. The van der Waals surface area contributed by atoms with Crippen molar-refractivity contribution in [2.45, 2.75) is 31.0 Å². The molecule has 1 saturated carbocycles. The van der Waals surface area contributed by atoms with Gasteiger partial charge in [-0.1, -0.05) is 12.1 Å². The lowest BCUT2D eigenvalue weighted by atomic mass is 10.0. The van der Waals surface area contributed by atoms with Gasteiger partial charge in [-0.2, -0.15) is 0 Å². The first kappa shape index (κ1) is 14.0. The quantitative estimate of drug-likeness (QED) is 0.821. The minimum atomic E-state index is -0.698. The fraction of sp³-hybridized carbons (Fsp3) is 0.500. The molecule has 2 atom stereocenters. The van der Waals surface area contributed by atoms with Gasteiger partial charge in [0.1, 0.15) is 6.67 Å². The zero-order valence-electron chi connectivity index (χ0n) is 10.9. The number of nitrogens with one attached hydrogen (secondary N) is 1. The fourth-order valence-corrected chi connectivity index (χ4v) is 1.96. The van der Waals surface area contributed by atoms with E-state index in [0.717, 1.165) is 18.4 Å². The van der Waals surface area contributed by atoms with Gasteiger partial charge >= 0.3 is 0 Å². The summed E-state index contributed by atoms with van der Waals surface area (Å²) in [5.74, 6) is -0.0715. The first-order chi connectivity index (χ1) is 9.15. The Balaban J connectivity index is 2.05. The molecule has 0 aliphatic heterocycles. The van der Waals surface area contributed by atoms with E-state index in [1.807, 2.05) is 0 Å². The molecule has 0 radical (unpaired) electrons. The van der Waals surface area contributed by atoms with Crippen LogP contribution in [0.2, 0.25) is 0 Å². The SMILES string of the molecule is CO[C@H](c1ccc(C(=O)NC2CC2)cc1)[C@H](N)CF. The molecule has 0 unspecified atom stereocenters. The van der Waals surface area contributed by atoms with E-state index in [4.69, 9.17) is 10.5 Å². The number of amides is 1. The standard InChI is InChI=1S/C14H19FN2O2/c1-19-13(12(16)8-15)9-2-4-10(5-3-9)14(18)17-11-6-7-11/h2-5,11-13H,6-8,16H2,1H3,(H,17,18)/t12-,13-/m1/s1. The Morgan fingerprint density at radius 2 is 2.11 bits per heavy atom. The van der Waals surface area contributed by atoms with Crippen LogP contribution in [0.1, 0.15) is 34.9 Å². The lowest BCUT2D eigenvalue weighted by Crippen LogP contribution is -2.31. The molecule has 104 valence electrons. The van der Waals surface area contributed by atoms with Crippen LogP contribution in [0.5, 0.6) is 0 Å². The van der Waals surface area contributed by atoms with Crippen molar-refractivity contribution < 1.29 is 13.9 Å². The summed E-state index contributed by atoms with van der Waals surface area (Å²) >= 11 is 0. The van der Waals surface area contributed by atoms with Crippen LogP contribution in [0.4, 0.5) is 4.39 Å². The van der Waals surface area contributed by atoms with Crippen LogP contribution in [0.15, 0.2) is 24.3 Å². The second-order valence-corrected chi connectivity index (χ2v) is 4.84. The molecule has 0 heterocycles. The highest BCUT2D eigenvalue weighted by Crippen LogP contribution is 2.22. The third-order valence-corrected chi connectivity index (χ3v) is 3.23. The molecule has 0 spiro atoms. The molecule has 2 rings (SSSR count). The molecule has 1 aromatic carbocycles. The highest BCUT2D eigenvalue weighted by molar-refractivity contribution is 5.94. The molecule has 1 aliphatic rings. The number of hydrogen-bond acceptors (Lipinski definition) is 3. The highest BCUT2D eigenvalue weighted by atomic mass is 19.1. The average Bonchev–Trinajstić information content (AvgIpc) is 3.24. The van der Waals surface area contributed by atoms with Gasteiger partial charge in [-0.15, -0.1) is 0 Å². The van der Waals surface area contributed by atoms with Crippen molar-refractivity contribution in [1.82, 2.24) is 5.32 Å². The summed E-state index contributed by atoms with van der Waals surface area (Å²) in [7, 11) is 1.49. The average molecular weight is 266 g/mol. The van der Waals surface area contributed by atoms with Gasteiger partial charge in [0.25, 0.3) is 5.91 Å². The highest BCUT2D eigenvalue weighted by Gasteiger charge is 2.24. The van der Waals surface area contributed by atoms with E-state index in [1.165, 1.54) is 7.11 Å². The maximum Gasteiger partial charge on any atom is 0.251 e. The van der Waals surface area contributed by atoms with Gasteiger partial charge in [0.15, 0.2) is 0 Å². The number of alkyl halides is 1. The molecule has 3 N–H and O–H groups in total. The van der Waals surface area contributed by atoms with Crippen LogP contribution >= 0.6 is 0 Å². The Hall–Kier alpha value is -1.46. The van der Waals surface area contributed by atoms with Gasteiger partial charge in [0.05, 0.1) is 12.1 Å². The molecule has 0 saturated heterocycles. The Morgan fingerprint density at radius 3 is 2.58 bits per heavy atom. The van der Waals surface area contributed by atoms with Crippen LogP contribution in [0.25, 0.3) is 0 Å². The van der Waals surface area contributed by atoms with Gasteiger partial charge < -0.3 is 15.8 Å². The Kier molecular flexibility index (Phi) is 4.50. The van der Waals surface area contributed by atoms with E-state index in [0.29, 0.717) is 11.6 Å². The molecule has 0 bridgehead atoms. The van der Waals surface area contributed by atoms with E-state index in [1.54, 1.807) is 24.3 Å². The molecule has 1 fully saturated rings. The van der Waals surface area contributed by atoms with E-state index in [-0.39, 0.29) is 5.91 Å². The summed E-state index contributed by atoms with van der Waals surface area (Å²) < 4.78 is 17.8. The number of rotatable bonds is 6. The smallest absolute Gasteiger partial charge is 0.251 e. The third-order valence-electron chi connectivity index (χ3n) is 3.23. The van der Waals surface area contributed by atoms with Crippen molar-refractivity contribution >= 4 is 5.91 Å². The van der Waals surface area contributed by atoms with Gasteiger partial charge in [0, 0.05) is 18.7 Å². The lowest BCUT2D eigenvalue weighted by molar-refractivity contribution is 0.0720. The van der Waals surface area contributed by atoms with Gasteiger partial charge in [-0.25, -0.2) is 4.39 Å². The number of benzene rings is 1. The minimum Gasteiger partial charge on any atom is -0.375 e. The van der Waals surface area contributed by atoms with E-state index in [2.05, 4.69) is 5.32 Å². The summed E-state index contributed by atoms with van der Waals surface area (Å²) in [5, 5.41) is 2.91. The van der Waals surface area contributed by atoms with Crippen molar-refractivity contribution in [1.29, 1.82) is 0 Å². The minimum absolute atomic E-state index is 0.0715. The lowest BCUT2D eigenvalue weighted by Gasteiger charge is -2.20. The first-order valence-corrected chi connectivity index (χ1v) is 6.41. The second kappa shape index (κ2) is 6.12. The summed E-state index contributed by atoms with van der Waals surface area (Å²) in [6.07, 6.45) is 1.62. The normalized spacial score (nSPS) is 17.8. The number of carbonyl (C=O) groups excluding carboxylic acids is 1. The maximum absolute atomic E-state index is 12.6. The molecular weight excluding hydrogens is 247 g/mol. The number of ether oxygens (including phenoxy) is 1. The molecule has 1 amide bonds. The van der Waals surface area contributed by atoms with Crippen molar-refractivity contribution in [3.63, 3.8) is 0 Å². The predicted octanol–water partition coefficient (Wildman–Crippen LogP) is 1.56. The van der Waals surface area contributed by atoms with Crippen LogP contribution in [-0.2, 0) is 4.74 Å². The molecule has 1 aromatic rings. The number of methoxy groups -OCH3 is 1. The van der Waals surface area contributed by atoms with E-state index in [9.17, 15) is 9.18 Å². The van der Waals surface area contributed by atoms with E-state index >= 15 is 0 Å². The number of halogens is 1. The zero-order valence-corrected chi connectivity index (χ0v) is 10.9. The fourth-order valence-electron chi connectivity index (χ4n) is 1.96. The summed E-state index contributed by atoms with van der Waals surface area (Å²) in [4.78, 5) is 11.8. The Labute approximate surface area is 112 Å². The number of nitrogens with two attached hydrogens (primary N) is 1. The number of hydrogen-bond donors (Lipinski definition) is 2. The second-order valence-electron chi connectivity index (χ2n) is 4.84. The van der Waals surface area contributed by atoms with Crippen molar-refractivity contribution in [3.8, 4) is 0 Å². The van der Waals surface area contributed by atoms with Crippen molar-refractivity contribution in [2.75, 3.05) is 13.8 Å². The summed E-state index contributed by atoms with van der Waals surface area (Å²) in [6.45, 7) is -0.650. The van der Waals surface area contributed by atoms with Crippen LogP contribution in [-0.4, -0.2) is 31.8 Å². The summed E-state index contributed by atoms with van der Waals surface area (Å²) in [5.41, 5.74) is 7.02. The molecule has 0 aromatic heterocycles. The molecule has 4 nitrogen and oxygen atoms in total. The monoisotopic (exact) mass is 266 g/mol. The molecule has 1 aliphatic carbocycles. The molecule has 19 heavy (non-hydrogen) atoms. The number of carbonyl (C=O) groups is 1. The van der Waals surface area contributed by atoms with Crippen LogP contribution in [0.3, 0.4) is 0 Å². The molecule has 5 heteroatoms. The zero-order chi connectivity index (χ0) is 13.8.